The Labute approximate surface area is 131 Å². The second-order valence-electron chi connectivity index (χ2n) is 5.01. The van der Waals surface area contributed by atoms with E-state index in [4.69, 9.17) is 5.26 Å². The summed E-state index contributed by atoms with van der Waals surface area (Å²) < 4.78 is 27.8. The minimum atomic E-state index is -3.66. The standard InChI is InChI=1S/C17H18N2O2S/c1-2-7-17(15-9-4-3-5-10-15)19-22(20,21)16-11-6-8-14(12-16)13-18/h3-6,8-12,17,19H,2,7H2,1H3/t17-/m0/s1. The summed E-state index contributed by atoms with van der Waals surface area (Å²) in [5.74, 6) is 0. The topological polar surface area (TPSA) is 70.0 Å². The van der Waals surface area contributed by atoms with Crippen molar-refractivity contribution in [2.75, 3.05) is 0 Å². The van der Waals surface area contributed by atoms with Crippen LogP contribution in [0.2, 0.25) is 0 Å². The first kappa shape index (κ1) is 16.2. The van der Waals surface area contributed by atoms with Gasteiger partial charge in [0.2, 0.25) is 10.0 Å². The molecule has 22 heavy (non-hydrogen) atoms. The molecule has 0 aromatic heterocycles. The molecule has 1 atom stereocenters. The van der Waals surface area contributed by atoms with Crippen LogP contribution in [0, 0.1) is 11.3 Å². The number of nitrogens with zero attached hydrogens (tertiary/aromatic N) is 1. The molecular formula is C17H18N2O2S. The average molecular weight is 314 g/mol. The third-order valence-corrected chi connectivity index (χ3v) is 4.82. The summed E-state index contributed by atoms with van der Waals surface area (Å²) in [6.45, 7) is 2.01. The van der Waals surface area contributed by atoms with Gasteiger partial charge in [0.1, 0.15) is 0 Å². The van der Waals surface area contributed by atoms with Gasteiger partial charge in [0.25, 0.3) is 0 Å². The Morgan fingerprint density at radius 2 is 1.86 bits per heavy atom. The molecule has 0 heterocycles. The summed E-state index contributed by atoms with van der Waals surface area (Å²) in [6.07, 6.45) is 1.57. The quantitative estimate of drug-likeness (QED) is 0.888. The Hall–Kier alpha value is -2.16. The van der Waals surface area contributed by atoms with Crippen molar-refractivity contribution < 1.29 is 8.42 Å². The zero-order valence-electron chi connectivity index (χ0n) is 12.4. The van der Waals surface area contributed by atoms with E-state index in [-0.39, 0.29) is 10.9 Å². The van der Waals surface area contributed by atoms with Gasteiger partial charge in [0.05, 0.1) is 16.5 Å². The number of hydrogen-bond acceptors (Lipinski definition) is 3. The first-order chi connectivity index (χ1) is 10.6. The number of rotatable bonds is 6. The molecule has 0 aliphatic carbocycles. The molecule has 2 aromatic rings. The number of sulfonamides is 1. The summed E-state index contributed by atoms with van der Waals surface area (Å²) in [4.78, 5) is 0.114. The van der Waals surface area contributed by atoms with E-state index in [1.807, 2.05) is 43.3 Å². The van der Waals surface area contributed by atoms with Gasteiger partial charge in [0, 0.05) is 6.04 Å². The second-order valence-corrected chi connectivity index (χ2v) is 6.73. The smallest absolute Gasteiger partial charge is 0.207 e. The zero-order chi connectivity index (χ0) is 16.0. The molecular weight excluding hydrogens is 296 g/mol. The molecule has 4 nitrogen and oxygen atoms in total. The lowest BCUT2D eigenvalue weighted by atomic mass is 10.0. The number of nitrogens with one attached hydrogen (secondary N) is 1. The van der Waals surface area contributed by atoms with Crippen LogP contribution in [0.3, 0.4) is 0 Å². The molecule has 2 aromatic carbocycles. The maximum Gasteiger partial charge on any atom is 0.241 e. The monoisotopic (exact) mass is 314 g/mol. The molecule has 0 aliphatic rings. The molecule has 114 valence electrons. The molecule has 0 aliphatic heterocycles. The molecule has 0 saturated carbocycles. The molecule has 0 spiro atoms. The van der Waals surface area contributed by atoms with Crippen molar-refractivity contribution in [3.05, 3.63) is 65.7 Å². The van der Waals surface area contributed by atoms with Gasteiger partial charge >= 0.3 is 0 Å². The first-order valence-corrected chi connectivity index (χ1v) is 8.62. The lowest BCUT2D eigenvalue weighted by Gasteiger charge is -2.18. The average Bonchev–Trinajstić information content (AvgIpc) is 2.55. The summed E-state index contributed by atoms with van der Waals surface area (Å²) in [7, 11) is -3.66. The van der Waals surface area contributed by atoms with Gasteiger partial charge in [0.15, 0.2) is 0 Å². The molecule has 2 rings (SSSR count). The van der Waals surface area contributed by atoms with Crippen molar-refractivity contribution >= 4 is 10.0 Å². The van der Waals surface area contributed by atoms with E-state index in [2.05, 4.69) is 4.72 Å². The normalized spacial score (nSPS) is 12.5. The van der Waals surface area contributed by atoms with Gasteiger partial charge in [-0.3, -0.25) is 0 Å². The van der Waals surface area contributed by atoms with Gasteiger partial charge in [-0.15, -0.1) is 0 Å². The Bertz CT molecular complexity index is 765. The maximum atomic E-state index is 12.5. The number of hydrogen-bond donors (Lipinski definition) is 1. The van der Waals surface area contributed by atoms with E-state index in [0.29, 0.717) is 12.0 Å². The van der Waals surface area contributed by atoms with E-state index in [1.54, 1.807) is 12.1 Å². The van der Waals surface area contributed by atoms with Crippen LogP contribution in [0.15, 0.2) is 59.5 Å². The van der Waals surface area contributed by atoms with Gasteiger partial charge in [-0.1, -0.05) is 49.7 Å². The fourth-order valence-electron chi connectivity index (χ4n) is 2.26. The molecule has 0 bridgehead atoms. The summed E-state index contributed by atoms with van der Waals surface area (Å²) in [5, 5.41) is 8.91. The predicted molar refractivity (Wildman–Crippen MR) is 85.6 cm³/mol. The fraction of sp³-hybridized carbons (Fsp3) is 0.235. The number of benzene rings is 2. The van der Waals surface area contributed by atoms with Crippen LogP contribution < -0.4 is 4.72 Å². The Balaban J connectivity index is 2.30. The molecule has 0 radical (unpaired) electrons. The van der Waals surface area contributed by atoms with Crippen LogP contribution in [0.1, 0.15) is 36.9 Å². The van der Waals surface area contributed by atoms with Crippen LogP contribution in [0.4, 0.5) is 0 Å². The van der Waals surface area contributed by atoms with E-state index in [0.717, 1.165) is 12.0 Å². The second kappa shape index (κ2) is 7.21. The van der Waals surface area contributed by atoms with Crippen molar-refractivity contribution in [1.29, 1.82) is 5.26 Å². The van der Waals surface area contributed by atoms with Gasteiger partial charge in [-0.25, -0.2) is 13.1 Å². The van der Waals surface area contributed by atoms with Crippen LogP contribution in [0.25, 0.3) is 0 Å². The SMILES string of the molecule is CCC[C@H](NS(=O)(=O)c1cccc(C#N)c1)c1ccccc1. The largest absolute Gasteiger partial charge is 0.241 e. The third-order valence-electron chi connectivity index (χ3n) is 3.35. The molecule has 0 amide bonds. The van der Waals surface area contributed by atoms with Crippen LogP contribution in [0.5, 0.6) is 0 Å². The highest BCUT2D eigenvalue weighted by Gasteiger charge is 2.21. The van der Waals surface area contributed by atoms with Crippen LogP contribution >= 0.6 is 0 Å². The van der Waals surface area contributed by atoms with Crippen molar-refractivity contribution in [1.82, 2.24) is 4.72 Å². The summed E-state index contributed by atoms with van der Waals surface area (Å²) in [5.41, 5.74) is 1.26. The van der Waals surface area contributed by atoms with Gasteiger partial charge < -0.3 is 0 Å². The van der Waals surface area contributed by atoms with Gasteiger partial charge in [-0.05, 0) is 30.2 Å². The lowest BCUT2D eigenvalue weighted by Crippen LogP contribution is -2.28. The minimum Gasteiger partial charge on any atom is -0.207 e. The molecule has 0 unspecified atom stereocenters. The first-order valence-electron chi connectivity index (χ1n) is 7.14. The third kappa shape index (κ3) is 3.94. The fourth-order valence-corrected chi connectivity index (χ4v) is 3.56. The minimum absolute atomic E-state index is 0.114. The maximum absolute atomic E-state index is 12.5. The van der Waals surface area contributed by atoms with Crippen molar-refractivity contribution in [2.45, 2.75) is 30.7 Å². The van der Waals surface area contributed by atoms with Crippen molar-refractivity contribution in [3.8, 4) is 6.07 Å². The van der Waals surface area contributed by atoms with E-state index >= 15 is 0 Å². The Morgan fingerprint density at radius 1 is 1.14 bits per heavy atom. The Morgan fingerprint density at radius 3 is 2.50 bits per heavy atom. The van der Waals surface area contributed by atoms with E-state index in [1.165, 1.54) is 12.1 Å². The predicted octanol–water partition coefficient (Wildman–Crippen LogP) is 3.38. The summed E-state index contributed by atoms with van der Waals surface area (Å²) in [6, 6.07) is 17.2. The van der Waals surface area contributed by atoms with Gasteiger partial charge in [-0.2, -0.15) is 5.26 Å². The summed E-state index contributed by atoms with van der Waals surface area (Å²) >= 11 is 0. The van der Waals surface area contributed by atoms with Crippen molar-refractivity contribution in [3.63, 3.8) is 0 Å². The van der Waals surface area contributed by atoms with Crippen molar-refractivity contribution in [2.24, 2.45) is 0 Å². The van der Waals surface area contributed by atoms with Crippen LogP contribution in [-0.4, -0.2) is 8.42 Å². The Kier molecular flexibility index (Phi) is 5.31. The highest BCUT2D eigenvalue weighted by molar-refractivity contribution is 7.89. The lowest BCUT2D eigenvalue weighted by molar-refractivity contribution is 0.536. The van der Waals surface area contributed by atoms with E-state index in [9.17, 15) is 8.42 Å². The van der Waals surface area contributed by atoms with E-state index < -0.39 is 10.0 Å². The zero-order valence-corrected chi connectivity index (χ0v) is 13.2. The van der Waals surface area contributed by atoms with Crippen LogP contribution in [-0.2, 0) is 10.0 Å². The molecule has 1 N–H and O–H groups in total. The molecule has 0 saturated heterocycles. The highest BCUT2D eigenvalue weighted by Crippen LogP contribution is 2.21. The molecule has 0 fully saturated rings. The molecule has 5 heteroatoms. The number of nitriles is 1. The highest BCUT2D eigenvalue weighted by atomic mass is 32.2.